The number of nitrogens with two attached hydrogens (primary N) is 1. The van der Waals surface area contributed by atoms with Gasteiger partial charge in [-0.3, -0.25) is 4.79 Å². The van der Waals surface area contributed by atoms with Crippen LogP contribution in [0.1, 0.15) is 43.6 Å². The lowest BCUT2D eigenvalue weighted by Crippen LogP contribution is -2.39. The first-order valence-electron chi connectivity index (χ1n) is 6.95. The number of nitrogens with one attached hydrogen (secondary N) is 1. The summed E-state index contributed by atoms with van der Waals surface area (Å²) in [5, 5.41) is 2.58. The smallest absolute Gasteiger partial charge is 0.328 e. The highest BCUT2D eigenvalue weighted by Crippen LogP contribution is 2.15. The second kappa shape index (κ2) is 8.44. The number of carbonyl (C=O) groups excluding carboxylic acids is 2. The van der Waals surface area contributed by atoms with Crippen molar-refractivity contribution in [3.8, 4) is 11.8 Å². The van der Waals surface area contributed by atoms with Crippen molar-refractivity contribution in [2.24, 2.45) is 5.41 Å². The van der Waals surface area contributed by atoms with E-state index in [1.807, 2.05) is 20.8 Å². The Hall–Kier alpha value is -2.19. The van der Waals surface area contributed by atoms with Crippen LogP contribution in [-0.2, 0) is 9.53 Å². The molecular formula is C17H23ClN2O3. The fourth-order valence-corrected chi connectivity index (χ4v) is 1.63. The molecular weight excluding hydrogens is 316 g/mol. The first-order chi connectivity index (χ1) is 10.1. The number of rotatable bonds is 3. The number of methoxy groups -OCH3 is 1. The molecule has 0 saturated heterocycles. The van der Waals surface area contributed by atoms with E-state index < -0.39 is 17.9 Å². The molecule has 1 aromatic carbocycles. The number of halogens is 1. The van der Waals surface area contributed by atoms with Crippen molar-refractivity contribution in [1.82, 2.24) is 5.32 Å². The monoisotopic (exact) mass is 338 g/mol. The predicted octanol–water partition coefficient (Wildman–Crippen LogP) is 2.38. The molecule has 0 fully saturated rings. The molecule has 1 aromatic rings. The maximum Gasteiger partial charge on any atom is 0.328 e. The zero-order valence-electron chi connectivity index (χ0n) is 14.0. The zero-order chi connectivity index (χ0) is 16.9. The van der Waals surface area contributed by atoms with E-state index in [-0.39, 0.29) is 17.8 Å². The average molecular weight is 339 g/mol. The second-order valence-electron chi connectivity index (χ2n) is 6.02. The number of anilines is 1. The zero-order valence-corrected chi connectivity index (χ0v) is 14.8. The molecule has 1 unspecified atom stereocenters. The first-order valence-corrected chi connectivity index (χ1v) is 6.95. The van der Waals surface area contributed by atoms with Gasteiger partial charge in [0.2, 0.25) is 0 Å². The third kappa shape index (κ3) is 6.62. The standard InChI is InChI=1S/C17H22N2O3.ClH/c1-11(16(21)22-5)19-15(20)14-7-6-13(18)10-12(14)8-9-17(2,3)4;/h6-7,10-11H,18H2,1-5H3,(H,19,20);1H. The second-order valence-corrected chi connectivity index (χ2v) is 6.02. The number of carbonyl (C=O) groups is 2. The number of ether oxygens (including phenoxy) is 1. The molecule has 0 bridgehead atoms. The lowest BCUT2D eigenvalue weighted by atomic mass is 9.96. The van der Waals surface area contributed by atoms with Crippen molar-refractivity contribution in [2.45, 2.75) is 33.7 Å². The topological polar surface area (TPSA) is 81.4 Å². The van der Waals surface area contributed by atoms with Crippen LogP contribution in [0.25, 0.3) is 0 Å². The molecule has 0 heterocycles. The Kier molecular flexibility index (Phi) is 7.64. The van der Waals surface area contributed by atoms with Crippen LogP contribution in [-0.4, -0.2) is 25.0 Å². The van der Waals surface area contributed by atoms with Gasteiger partial charge in [-0.25, -0.2) is 4.79 Å². The quantitative estimate of drug-likeness (QED) is 0.503. The summed E-state index contributed by atoms with van der Waals surface area (Å²) < 4.78 is 4.59. The van der Waals surface area contributed by atoms with E-state index in [1.54, 1.807) is 25.1 Å². The SMILES string of the molecule is COC(=O)C(C)NC(=O)c1ccc(N)cc1C#CC(C)(C)C.Cl. The molecule has 126 valence electrons. The number of benzene rings is 1. The highest BCUT2D eigenvalue weighted by molar-refractivity contribution is 5.99. The van der Waals surface area contributed by atoms with Crippen LogP contribution in [0.2, 0.25) is 0 Å². The molecule has 6 heteroatoms. The van der Waals surface area contributed by atoms with Gasteiger partial charge in [0, 0.05) is 16.7 Å². The number of esters is 1. The maximum atomic E-state index is 12.3. The van der Waals surface area contributed by atoms with Crippen molar-refractivity contribution in [3.05, 3.63) is 29.3 Å². The Morgan fingerprint density at radius 3 is 2.43 bits per heavy atom. The van der Waals surface area contributed by atoms with Gasteiger partial charge < -0.3 is 15.8 Å². The minimum absolute atomic E-state index is 0. The summed E-state index contributed by atoms with van der Waals surface area (Å²) >= 11 is 0. The fraction of sp³-hybridized carbons (Fsp3) is 0.412. The summed E-state index contributed by atoms with van der Waals surface area (Å²) in [7, 11) is 1.27. The number of amides is 1. The third-order valence-corrected chi connectivity index (χ3v) is 2.76. The van der Waals surface area contributed by atoms with E-state index in [1.165, 1.54) is 7.11 Å². The molecule has 0 saturated carbocycles. The lowest BCUT2D eigenvalue weighted by molar-refractivity contribution is -0.142. The van der Waals surface area contributed by atoms with E-state index in [4.69, 9.17) is 5.73 Å². The molecule has 1 atom stereocenters. The Bertz CT molecular complexity index is 639. The van der Waals surface area contributed by atoms with E-state index in [0.29, 0.717) is 16.8 Å². The maximum absolute atomic E-state index is 12.3. The molecule has 1 amide bonds. The molecule has 3 N–H and O–H groups in total. The summed E-state index contributed by atoms with van der Waals surface area (Å²) in [5.74, 6) is 5.15. The number of nitrogen functional groups attached to an aromatic ring is 1. The summed E-state index contributed by atoms with van der Waals surface area (Å²) in [6.45, 7) is 7.49. The Morgan fingerprint density at radius 1 is 1.30 bits per heavy atom. The van der Waals surface area contributed by atoms with Gasteiger partial charge in [-0.2, -0.15) is 0 Å². The molecule has 0 aliphatic rings. The van der Waals surface area contributed by atoms with Gasteiger partial charge in [0.1, 0.15) is 6.04 Å². The minimum Gasteiger partial charge on any atom is -0.467 e. The van der Waals surface area contributed by atoms with Crippen molar-refractivity contribution in [2.75, 3.05) is 12.8 Å². The Morgan fingerprint density at radius 2 is 1.91 bits per heavy atom. The molecule has 0 aliphatic carbocycles. The molecule has 23 heavy (non-hydrogen) atoms. The van der Waals surface area contributed by atoms with E-state index >= 15 is 0 Å². The van der Waals surface area contributed by atoms with Gasteiger partial charge >= 0.3 is 5.97 Å². The van der Waals surface area contributed by atoms with Crippen LogP contribution in [0.3, 0.4) is 0 Å². The van der Waals surface area contributed by atoms with Crippen molar-refractivity contribution < 1.29 is 14.3 Å². The molecule has 0 aliphatic heterocycles. The predicted molar refractivity (Wildman–Crippen MR) is 93.4 cm³/mol. The van der Waals surface area contributed by atoms with Gasteiger partial charge in [-0.15, -0.1) is 12.4 Å². The number of hydrogen-bond donors (Lipinski definition) is 2. The largest absolute Gasteiger partial charge is 0.467 e. The summed E-state index contributed by atoms with van der Waals surface area (Å²) in [6, 6.07) is 4.14. The van der Waals surface area contributed by atoms with Crippen LogP contribution >= 0.6 is 12.4 Å². The van der Waals surface area contributed by atoms with E-state index in [9.17, 15) is 9.59 Å². The van der Waals surface area contributed by atoms with Gasteiger partial charge in [0.15, 0.2) is 0 Å². The summed E-state index contributed by atoms with van der Waals surface area (Å²) in [4.78, 5) is 23.7. The average Bonchev–Trinajstić information content (AvgIpc) is 2.43. The molecule has 1 rings (SSSR count). The fourth-order valence-electron chi connectivity index (χ4n) is 1.63. The number of hydrogen-bond acceptors (Lipinski definition) is 4. The highest BCUT2D eigenvalue weighted by Gasteiger charge is 2.18. The molecule has 0 spiro atoms. The van der Waals surface area contributed by atoms with E-state index in [0.717, 1.165) is 0 Å². The van der Waals surface area contributed by atoms with Gasteiger partial charge in [0.25, 0.3) is 5.91 Å². The van der Waals surface area contributed by atoms with Crippen LogP contribution in [0.15, 0.2) is 18.2 Å². The van der Waals surface area contributed by atoms with Gasteiger partial charge in [0.05, 0.1) is 12.7 Å². The van der Waals surface area contributed by atoms with Crippen LogP contribution in [0, 0.1) is 17.3 Å². The van der Waals surface area contributed by atoms with Crippen molar-refractivity contribution in [1.29, 1.82) is 0 Å². The lowest BCUT2D eigenvalue weighted by Gasteiger charge is -2.13. The first kappa shape index (κ1) is 20.8. The van der Waals surface area contributed by atoms with Crippen LogP contribution in [0.5, 0.6) is 0 Å². The van der Waals surface area contributed by atoms with Crippen molar-refractivity contribution >= 4 is 30.0 Å². The van der Waals surface area contributed by atoms with Gasteiger partial charge in [-0.1, -0.05) is 11.8 Å². The summed E-state index contributed by atoms with van der Waals surface area (Å²) in [6.07, 6.45) is 0. The molecule has 0 aromatic heterocycles. The summed E-state index contributed by atoms with van der Waals surface area (Å²) in [5.41, 5.74) is 7.00. The van der Waals surface area contributed by atoms with Crippen LogP contribution < -0.4 is 11.1 Å². The van der Waals surface area contributed by atoms with Gasteiger partial charge in [-0.05, 0) is 45.9 Å². The van der Waals surface area contributed by atoms with Crippen molar-refractivity contribution in [3.63, 3.8) is 0 Å². The Balaban J connectivity index is 0.00000484. The van der Waals surface area contributed by atoms with E-state index in [2.05, 4.69) is 21.9 Å². The normalized spacial score (nSPS) is 11.3. The highest BCUT2D eigenvalue weighted by atomic mass is 35.5. The Labute approximate surface area is 143 Å². The molecule has 0 radical (unpaired) electrons. The minimum atomic E-state index is -0.738. The van der Waals surface area contributed by atoms with Crippen LogP contribution in [0.4, 0.5) is 5.69 Å². The third-order valence-electron chi connectivity index (χ3n) is 2.76. The molecule has 5 nitrogen and oxygen atoms in total.